The smallest absolute Gasteiger partial charge is 0.433 e. The Morgan fingerprint density at radius 1 is 1.00 bits per heavy atom. The topological polar surface area (TPSA) is 22.1 Å². The van der Waals surface area contributed by atoms with Crippen LogP contribution in [0.4, 0.5) is 13.2 Å². The highest BCUT2D eigenvalue weighted by atomic mass is 79.9. The summed E-state index contributed by atoms with van der Waals surface area (Å²) in [5.74, 6) is 0.598. The van der Waals surface area contributed by atoms with Crippen molar-refractivity contribution >= 4 is 26.8 Å². The third kappa shape index (κ3) is 3.64. The molecule has 2 aromatic carbocycles. The van der Waals surface area contributed by atoms with Crippen molar-refractivity contribution < 1.29 is 17.9 Å². The molecule has 0 N–H and O–H groups in total. The molecule has 0 radical (unpaired) electrons. The van der Waals surface area contributed by atoms with Gasteiger partial charge in [0.15, 0.2) is 0 Å². The van der Waals surface area contributed by atoms with E-state index in [4.69, 9.17) is 4.74 Å². The van der Waals surface area contributed by atoms with E-state index in [9.17, 15) is 13.2 Å². The molecule has 0 aliphatic heterocycles. The Bertz CT molecular complexity index is 834. The summed E-state index contributed by atoms with van der Waals surface area (Å²) < 4.78 is 45.4. The number of hydrogen-bond donors (Lipinski definition) is 0. The van der Waals surface area contributed by atoms with E-state index in [-0.39, 0.29) is 12.1 Å². The summed E-state index contributed by atoms with van der Waals surface area (Å²) in [6, 6.07) is 15.0. The van der Waals surface area contributed by atoms with Crippen molar-refractivity contribution in [2.24, 2.45) is 0 Å². The SMILES string of the molecule is FC(F)(F)c1cc(COc2ccccc2)c2cc(Br)ccc2n1. The van der Waals surface area contributed by atoms with E-state index in [0.717, 1.165) is 10.5 Å². The average molecular weight is 382 g/mol. The standard InChI is InChI=1S/C17H11BrF3NO/c18-12-6-7-15-14(9-12)11(8-16(22-15)17(19,20)21)10-23-13-4-2-1-3-5-13/h1-9H,10H2. The maximum Gasteiger partial charge on any atom is 0.433 e. The summed E-state index contributed by atoms with van der Waals surface area (Å²) in [6.07, 6.45) is -4.50. The van der Waals surface area contributed by atoms with E-state index >= 15 is 0 Å². The van der Waals surface area contributed by atoms with E-state index < -0.39 is 11.9 Å². The van der Waals surface area contributed by atoms with E-state index in [1.165, 1.54) is 0 Å². The quantitative estimate of drug-likeness (QED) is 0.589. The van der Waals surface area contributed by atoms with Crippen LogP contribution in [0.15, 0.2) is 59.1 Å². The van der Waals surface area contributed by atoms with Gasteiger partial charge in [-0.1, -0.05) is 34.1 Å². The number of alkyl halides is 3. The van der Waals surface area contributed by atoms with Gasteiger partial charge in [0.1, 0.15) is 18.1 Å². The van der Waals surface area contributed by atoms with Crippen molar-refractivity contribution in [3.63, 3.8) is 0 Å². The first kappa shape index (κ1) is 15.8. The third-order valence-corrected chi connectivity index (χ3v) is 3.78. The molecule has 3 rings (SSSR count). The van der Waals surface area contributed by atoms with Gasteiger partial charge in [0.25, 0.3) is 0 Å². The van der Waals surface area contributed by atoms with Crippen molar-refractivity contribution in [1.82, 2.24) is 4.98 Å². The van der Waals surface area contributed by atoms with Gasteiger partial charge in [-0.3, -0.25) is 0 Å². The second-order valence-electron chi connectivity index (χ2n) is 4.93. The van der Waals surface area contributed by atoms with Crippen molar-refractivity contribution in [1.29, 1.82) is 0 Å². The van der Waals surface area contributed by atoms with Crippen molar-refractivity contribution in [2.45, 2.75) is 12.8 Å². The number of para-hydroxylation sites is 1. The number of nitrogens with zero attached hydrogens (tertiary/aromatic N) is 1. The zero-order valence-electron chi connectivity index (χ0n) is 11.8. The van der Waals surface area contributed by atoms with Crippen LogP contribution >= 0.6 is 15.9 Å². The molecule has 0 saturated carbocycles. The number of hydrogen-bond acceptors (Lipinski definition) is 2. The minimum atomic E-state index is -4.50. The molecular formula is C17H11BrF3NO. The number of rotatable bonds is 3. The third-order valence-electron chi connectivity index (χ3n) is 3.28. The zero-order valence-corrected chi connectivity index (χ0v) is 13.4. The molecule has 6 heteroatoms. The van der Waals surface area contributed by atoms with Gasteiger partial charge in [-0.2, -0.15) is 13.2 Å². The molecule has 3 aromatic rings. The molecule has 118 valence electrons. The monoisotopic (exact) mass is 381 g/mol. The van der Waals surface area contributed by atoms with Crippen LogP contribution in [0.1, 0.15) is 11.3 Å². The number of pyridine rings is 1. The molecule has 0 unspecified atom stereocenters. The molecule has 1 aromatic heterocycles. The van der Waals surface area contributed by atoms with Crippen LogP contribution in [0, 0.1) is 0 Å². The van der Waals surface area contributed by atoms with Crippen molar-refractivity contribution in [3.05, 3.63) is 70.3 Å². The molecular weight excluding hydrogens is 371 g/mol. The summed E-state index contributed by atoms with van der Waals surface area (Å²) in [5, 5.41) is 0.628. The first-order valence-corrected chi connectivity index (χ1v) is 7.57. The van der Waals surface area contributed by atoms with Gasteiger partial charge in [-0.15, -0.1) is 0 Å². The zero-order chi connectivity index (χ0) is 16.4. The van der Waals surface area contributed by atoms with Gasteiger partial charge in [0.2, 0.25) is 0 Å². The molecule has 0 aliphatic carbocycles. The largest absolute Gasteiger partial charge is 0.489 e. The molecule has 0 amide bonds. The lowest BCUT2D eigenvalue weighted by molar-refractivity contribution is -0.141. The summed E-state index contributed by atoms with van der Waals surface area (Å²) in [4.78, 5) is 3.70. The number of aromatic nitrogens is 1. The molecule has 0 fully saturated rings. The minimum absolute atomic E-state index is 0.0303. The second-order valence-corrected chi connectivity index (χ2v) is 5.84. The number of benzene rings is 2. The Kier molecular flexibility index (Phi) is 4.26. The fraction of sp³-hybridized carbons (Fsp3) is 0.118. The summed E-state index contributed by atoms with van der Waals surface area (Å²) in [6.45, 7) is 0.0303. The van der Waals surface area contributed by atoms with Crippen LogP contribution in [0.2, 0.25) is 0 Å². The lowest BCUT2D eigenvalue weighted by atomic mass is 10.1. The van der Waals surface area contributed by atoms with Gasteiger partial charge in [0, 0.05) is 15.4 Å². The van der Waals surface area contributed by atoms with E-state index in [0.29, 0.717) is 16.7 Å². The fourth-order valence-corrected chi connectivity index (χ4v) is 2.57. The molecule has 0 spiro atoms. The Balaban J connectivity index is 2.03. The highest BCUT2D eigenvalue weighted by molar-refractivity contribution is 9.10. The summed E-state index contributed by atoms with van der Waals surface area (Å²) in [5.41, 5.74) is -0.193. The number of ether oxygens (including phenoxy) is 1. The van der Waals surface area contributed by atoms with Crippen LogP contribution in [0.3, 0.4) is 0 Å². The summed E-state index contributed by atoms with van der Waals surface area (Å²) >= 11 is 3.33. The average Bonchev–Trinajstić information content (AvgIpc) is 2.52. The molecule has 0 aliphatic rings. The molecule has 0 saturated heterocycles. The Hall–Kier alpha value is -2.08. The van der Waals surface area contributed by atoms with Gasteiger partial charge < -0.3 is 4.74 Å². The maximum atomic E-state index is 13.0. The van der Waals surface area contributed by atoms with Crippen LogP contribution in [-0.4, -0.2) is 4.98 Å². The van der Waals surface area contributed by atoms with Gasteiger partial charge in [-0.25, -0.2) is 4.98 Å². The van der Waals surface area contributed by atoms with Gasteiger partial charge in [0.05, 0.1) is 5.52 Å². The van der Waals surface area contributed by atoms with E-state index in [1.807, 2.05) is 6.07 Å². The predicted molar refractivity (Wildman–Crippen MR) is 85.2 cm³/mol. The predicted octanol–water partition coefficient (Wildman–Crippen LogP) is 5.60. The first-order chi connectivity index (χ1) is 10.9. The molecule has 0 bridgehead atoms. The van der Waals surface area contributed by atoms with E-state index in [2.05, 4.69) is 20.9 Å². The Morgan fingerprint density at radius 3 is 2.43 bits per heavy atom. The highest BCUT2D eigenvalue weighted by Crippen LogP contribution is 2.32. The normalized spacial score (nSPS) is 11.7. The molecule has 2 nitrogen and oxygen atoms in total. The molecule has 1 heterocycles. The Labute approximate surface area is 139 Å². The lowest BCUT2D eigenvalue weighted by Gasteiger charge is -2.13. The second kappa shape index (κ2) is 6.20. The number of halogens is 4. The molecule has 23 heavy (non-hydrogen) atoms. The van der Waals surface area contributed by atoms with Gasteiger partial charge >= 0.3 is 6.18 Å². The number of fused-ring (bicyclic) bond motifs is 1. The summed E-state index contributed by atoms with van der Waals surface area (Å²) in [7, 11) is 0. The van der Waals surface area contributed by atoms with E-state index in [1.54, 1.807) is 42.5 Å². The van der Waals surface area contributed by atoms with Crippen LogP contribution in [0.25, 0.3) is 10.9 Å². The fourth-order valence-electron chi connectivity index (χ4n) is 2.21. The van der Waals surface area contributed by atoms with Crippen LogP contribution < -0.4 is 4.74 Å². The Morgan fingerprint density at radius 2 is 1.74 bits per heavy atom. The highest BCUT2D eigenvalue weighted by Gasteiger charge is 2.33. The van der Waals surface area contributed by atoms with Crippen LogP contribution in [-0.2, 0) is 12.8 Å². The molecule has 0 atom stereocenters. The maximum absolute atomic E-state index is 13.0. The minimum Gasteiger partial charge on any atom is -0.489 e. The van der Waals surface area contributed by atoms with Gasteiger partial charge in [-0.05, 0) is 36.4 Å². The van der Waals surface area contributed by atoms with Crippen molar-refractivity contribution in [2.75, 3.05) is 0 Å². The van der Waals surface area contributed by atoms with Crippen LogP contribution in [0.5, 0.6) is 5.75 Å². The van der Waals surface area contributed by atoms with Crippen molar-refractivity contribution in [3.8, 4) is 5.75 Å². The first-order valence-electron chi connectivity index (χ1n) is 6.78. The lowest BCUT2D eigenvalue weighted by Crippen LogP contribution is -2.10.